The predicted octanol–water partition coefficient (Wildman–Crippen LogP) is 3.72. The van der Waals surface area contributed by atoms with Gasteiger partial charge >= 0.3 is 6.36 Å². The van der Waals surface area contributed by atoms with Gasteiger partial charge in [0.25, 0.3) is 0 Å². The summed E-state index contributed by atoms with van der Waals surface area (Å²) in [6, 6.07) is 8.59. The van der Waals surface area contributed by atoms with Gasteiger partial charge in [-0.05, 0) is 42.0 Å². The number of aryl methyl sites for hydroxylation is 1. The van der Waals surface area contributed by atoms with Crippen LogP contribution in [-0.2, 0) is 17.6 Å². The average Bonchev–Trinajstić information content (AvgIpc) is 3.10. The number of rotatable bonds is 9. The largest absolute Gasteiger partial charge is 0.573 e. The minimum Gasteiger partial charge on any atom is -0.406 e. The molecule has 164 valence electrons. The molecule has 13 heteroatoms. The second-order valence-electron chi connectivity index (χ2n) is 6.16. The third kappa shape index (κ3) is 8.02. The molecule has 0 fully saturated rings. The zero-order valence-electron chi connectivity index (χ0n) is 15.9. The van der Waals surface area contributed by atoms with Gasteiger partial charge in [0, 0.05) is 6.42 Å². The molecule has 0 atom stereocenters. The lowest BCUT2D eigenvalue weighted by atomic mass is 10.1. The first-order valence-corrected chi connectivity index (χ1v) is 10.8. The maximum absolute atomic E-state index is 12.3. The number of aromatic nitrogens is 4. The molecular weight excluding hydrogens is 453 g/mol. The van der Waals surface area contributed by atoms with Gasteiger partial charge < -0.3 is 15.8 Å². The van der Waals surface area contributed by atoms with Crippen LogP contribution in [0.25, 0.3) is 0 Å². The van der Waals surface area contributed by atoms with Crippen LogP contribution in [-0.4, -0.2) is 38.4 Å². The Hall–Kier alpha value is -2.93. The number of carbonyl (C=O) groups is 1. The van der Waals surface area contributed by atoms with E-state index in [9.17, 15) is 18.0 Å². The molecule has 31 heavy (non-hydrogen) atoms. The number of anilines is 2. The lowest BCUT2D eigenvalue weighted by Crippen LogP contribution is -2.18. The number of nitrogen functional groups attached to an aromatic ring is 1. The molecule has 0 bridgehead atoms. The van der Waals surface area contributed by atoms with Crippen LogP contribution < -0.4 is 15.8 Å². The van der Waals surface area contributed by atoms with Crippen molar-refractivity contribution in [3.63, 3.8) is 0 Å². The Bertz CT molecular complexity index is 1010. The summed E-state index contributed by atoms with van der Waals surface area (Å²) >= 11 is 2.88. The second-order valence-corrected chi connectivity index (χ2v) is 8.37. The molecule has 3 aromatic rings. The Morgan fingerprint density at radius 1 is 1.16 bits per heavy atom. The van der Waals surface area contributed by atoms with Gasteiger partial charge in [0.15, 0.2) is 5.82 Å². The number of carbonyl (C=O) groups excluding carboxylic acids is 1. The van der Waals surface area contributed by atoms with Crippen LogP contribution in [0.3, 0.4) is 0 Å². The molecule has 0 aliphatic rings. The van der Waals surface area contributed by atoms with Crippen molar-refractivity contribution in [1.29, 1.82) is 0 Å². The molecule has 0 saturated carbocycles. The summed E-state index contributed by atoms with van der Waals surface area (Å²) < 4.78 is 40.8. The molecular formula is C18H17F3N6O2S2. The van der Waals surface area contributed by atoms with E-state index in [-0.39, 0.29) is 18.0 Å². The molecule has 1 aromatic carbocycles. The Kier molecular flexibility index (Phi) is 7.63. The van der Waals surface area contributed by atoms with E-state index in [2.05, 4.69) is 30.4 Å². The minimum atomic E-state index is -4.79. The number of benzene rings is 1. The highest BCUT2D eigenvalue weighted by Crippen LogP contribution is 2.24. The third-order valence-corrected chi connectivity index (χ3v) is 5.49. The van der Waals surface area contributed by atoms with E-state index in [0.717, 1.165) is 29.7 Å². The molecule has 0 radical (unpaired) electrons. The number of nitrogens with one attached hydrogen (secondary N) is 1. The molecule has 2 heterocycles. The third-order valence-electron chi connectivity index (χ3n) is 3.67. The molecule has 1 amide bonds. The number of ether oxygens (including phenoxy) is 1. The number of nitrogens with two attached hydrogens (primary N) is 1. The number of amides is 1. The van der Waals surface area contributed by atoms with Crippen molar-refractivity contribution in [3.05, 3.63) is 47.0 Å². The van der Waals surface area contributed by atoms with Gasteiger partial charge in [0.05, 0.1) is 6.42 Å². The Morgan fingerprint density at radius 3 is 2.68 bits per heavy atom. The SMILES string of the molecule is Nc1nnc(CCCSc2ccc(NC(=O)Cc3cccc(OC(F)(F)F)c3)nn2)s1. The van der Waals surface area contributed by atoms with Crippen LogP contribution in [0.2, 0.25) is 0 Å². The summed E-state index contributed by atoms with van der Waals surface area (Å²) in [5.41, 5.74) is 5.91. The molecule has 3 rings (SSSR count). The van der Waals surface area contributed by atoms with Crippen LogP contribution in [0.1, 0.15) is 17.0 Å². The zero-order chi connectivity index (χ0) is 22.3. The lowest BCUT2D eigenvalue weighted by molar-refractivity contribution is -0.274. The van der Waals surface area contributed by atoms with E-state index in [0.29, 0.717) is 15.7 Å². The number of nitrogens with zero attached hydrogens (tertiary/aromatic N) is 4. The highest BCUT2D eigenvalue weighted by molar-refractivity contribution is 7.99. The summed E-state index contributed by atoms with van der Waals surface area (Å²) in [5.74, 6) is 0.237. The van der Waals surface area contributed by atoms with Crippen LogP contribution in [0.4, 0.5) is 24.1 Å². The molecule has 0 spiro atoms. The van der Waals surface area contributed by atoms with E-state index < -0.39 is 12.3 Å². The van der Waals surface area contributed by atoms with Crippen LogP contribution in [0.15, 0.2) is 41.4 Å². The van der Waals surface area contributed by atoms with Gasteiger partial charge in [-0.15, -0.1) is 45.3 Å². The molecule has 0 saturated heterocycles. The highest BCUT2D eigenvalue weighted by atomic mass is 32.2. The topological polar surface area (TPSA) is 116 Å². The van der Waals surface area contributed by atoms with Crippen molar-refractivity contribution in [3.8, 4) is 5.75 Å². The maximum Gasteiger partial charge on any atom is 0.573 e. The van der Waals surface area contributed by atoms with Crippen LogP contribution in [0, 0.1) is 0 Å². The van der Waals surface area contributed by atoms with Crippen molar-refractivity contribution < 1.29 is 22.7 Å². The lowest BCUT2D eigenvalue weighted by Gasteiger charge is -2.10. The smallest absolute Gasteiger partial charge is 0.406 e. The fourth-order valence-electron chi connectivity index (χ4n) is 2.46. The summed E-state index contributed by atoms with van der Waals surface area (Å²) in [5, 5.41) is 20.3. The molecule has 0 unspecified atom stereocenters. The number of alkyl halides is 3. The monoisotopic (exact) mass is 470 g/mol. The average molecular weight is 471 g/mol. The van der Waals surface area contributed by atoms with Gasteiger partial charge in [-0.2, -0.15) is 0 Å². The summed E-state index contributed by atoms with van der Waals surface area (Å²) in [4.78, 5) is 12.1. The molecule has 3 N–H and O–H groups in total. The van der Waals surface area contributed by atoms with E-state index in [1.165, 1.54) is 41.3 Å². The van der Waals surface area contributed by atoms with Crippen LogP contribution in [0.5, 0.6) is 5.75 Å². The first-order valence-electron chi connectivity index (χ1n) is 8.96. The van der Waals surface area contributed by atoms with Gasteiger partial charge in [0.2, 0.25) is 11.0 Å². The first kappa shape index (κ1) is 22.7. The van der Waals surface area contributed by atoms with Gasteiger partial charge in [0.1, 0.15) is 15.8 Å². The molecule has 0 aliphatic carbocycles. The van der Waals surface area contributed by atoms with E-state index in [1.807, 2.05) is 0 Å². The van der Waals surface area contributed by atoms with Crippen LogP contribution >= 0.6 is 23.1 Å². The van der Waals surface area contributed by atoms with E-state index in [1.54, 1.807) is 12.1 Å². The molecule has 8 nitrogen and oxygen atoms in total. The maximum atomic E-state index is 12.3. The Labute approximate surface area is 183 Å². The van der Waals surface area contributed by atoms with Gasteiger partial charge in [-0.3, -0.25) is 4.79 Å². The second kappa shape index (κ2) is 10.4. The van der Waals surface area contributed by atoms with Gasteiger partial charge in [-0.1, -0.05) is 23.5 Å². The quantitative estimate of drug-likeness (QED) is 0.359. The van der Waals surface area contributed by atoms with Gasteiger partial charge in [-0.25, -0.2) is 0 Å². The molecule has 2 aromatic heterocycles. The number of thioether (sulfide) groups is 1. The summed E-state index contributed by atoms with van der Waals surface area (Å²) in [7, 11) is 0. The van der Waals surface area contributed by atoms with E-state index in [4.69, 9.17) is 5.73 Å². The number of hydrogen-bond donors (Lipinski definition) is 2. The first-order chi connectivity index (χ1) is 14.8. The standard InChI is InChI=1S/C18H17F3N6O2S2/c19-18(20,21)29-12-4-1-3-11(9-12)10-14(28)23-13-6-7-15(25-24-13)30-8-2-5-16-26-27-17(22)31-16/h1,3-4,6-7,9H,2,5,8,10H2,(H2,22,27)(H,23,24,28). The number of halogens is 3. The van der Waals surface area contributed by atoms with E-state index >= 15 is 0 Å². The van der Waals surface area contributed by atoms with Crippen molar-refractivity contribution in [2.24, 2.45) is 0 Å². The fraction of sp³-hybridized carbons (Fsp3) is 0.278. The molecule has 0 aliphatic heterocycles. The predicted molar refractivity (Wildman–Crippen MR) is 111 cm³/mol. The van der Waals surface area contributed by atoms with Crippen molar-refractivity contribution in [2.75, 3.05) is 16.8 Å². The Morgan fingerprint density at radius 2 is 2.00 bits per heavy atom. The van der Waals surface area contributed by atoms with Crippen molar-refractivity contribution >= 4 is 40.0 Å². The van der Waals surface area contributed by atoms with Crippen molar-refractivity contribution in [1.82, 2.24) is 20.4 Å². The van der Waals surface area contributed by atoms with Crippen molar-refractivity contribution in [2.45, 2.75) is 30.7 Å². The highest BCUT2D eigenvalue weighted by Gasteiger charge is 2.31. The summed E-state index contributed by atoms with van der Waals surface area (Å²) in [6.45, 7) is 0. The zero-order valence-corrected chi connectivity index (χ0v) is 17.6. The summed E-state index contributed by atoms with van der Waals surface area (Å²) in [6.07, 6.45) is -3.28. The Balaban J connectivity index is 1.44. The normalized spacial score (nSPS) is 11.3. The number of hydrogen-bond acceptors (Lipinski definition) is 9. The fourth-order valence-corrected chi connectivity index (χ4v) is 3.87. The minimum absolute atomic E-state index is 0.136.